The Balaban J connectivity index is 2.31. The van der Waals surface area contributed by atoms with Crippen LogP contribution in [0.4, 0.5) is 5.69 Å². The zero-order valence-electron chi connectivity index (χ0n) is 8.77. The van der Waals surface area contributed by atoms with Crippen LogP contribution in [0.5, 0.6) is 11.5 Å². The number of nitrogen functional groups attached to an aromatic ring is 1. The average molecular weight is 326 g/mol. The highest BCUT2D eigenvalue weighted by Crippen LogP contribution is 2.29. The largest absolute Gasteiger partial charge is 0.453 e. The monoisotopic (exact) mass is 326 g/mol. The van der Waals surface area contributed by atoms with Crippen molar-refractivity contribution in [3.8, 4) is 11.5 Å². The molecule has 0 amide bonds. The molecule has 2 rings (SSSR count). The first-order valence-electron chi connectivity index (χ1n) is 4.81. The maximum absolute atomic E-state index is 5.87. The Bertz CT molecular complexity index is 514. The van der Waals surface area contributed by atoms with Gasteiger partial charge in [-0.1, -0.05) is 0 Å². The smallest absolute Gasteiger partial charge is 0.150 e. The molecule has 3 nitrogen and oxygen atoms in total. The molecular weight excluding hydrogens is 315 g/mol. The molecule has 82 valence electrons. The minimum Gasteiger partial charge on any atom is -0.453 e. The second-order valence-electron chi connectivity index (χ2n) is 3.37. The molecule has 1 aromatic heterocycles. The number of nitrogens with zero attached hydrogens (tertiary/aromatic N) is 1. The van der Waals surface area contributed by atoms with Crippen LogP contribution in [0, 0.1) is 10.5 Å². The fraction of sp³-hybridized carbons (Fsp3) is 0.0833. The van der Waals surface area contributed by atoms with E-state index in [1.54, 1.807) is 6.20 Å². The van der Waals surface area contributed by atoms with Crippen molar-refractivity contribution in [2.24, 2.45) is 0 Å². The molecule has 0 unspecified atom stereocenters. The zero-order valence-corrected chi connectivity index (χ0v) is 10.9. The quantitative estimate of drug-likeness (QED) is 0.680. The van der Waals surface area contributed by atoms with Gasteiger partial charge in [-0.3, -0.25) is 4.98 Å². The lowest BCUT2D eigenvalue weighted by atomic mass is 10.3. The molecule has 0 spiro atoms. The molecule has 16 heavy (non-hydrogen) atoms. The van der Waals surface area contributed by atoms with Gasteiger partial charge in [0.05, 0.1) is 11.4 Å². The summed E-state index contributed by atoms with van der Waals surface area (Å²) in [5, 5.41) is 0. The summed E-state index contributed by atoms with van der Waals surface area (Å²) in [7, 11) is 0. The molecule has 0 radical (unpaired) electrons. The van der Waals surface area contributed by atoms with E-state index in [0.29, 0.717) is 11.4 Å². The molecule has 0 fully saturated rings. The van der Waals surface area contributed by atoms with Crippen LogP contribution in [-0.2, 0) is 0 Å². The molecule has 1 heterocycles. The van der Waals surface area contributed by atoms with Gasteiger partial charge in [-0.2, -0.15) is 0 Å². The molecular formula is C12H11IN2O. The van der Waals surface area contributed by atoms with E-state index in [1.807, 2.05) is 37.3 Å². The molecule has 0 aliphatic heterocycles. The maximum atomic E-state index is 5.87. The van der Waals surface area contributed by atoms with Crippen molar-refractivity contribution >= 4 is 28.3 Å². The van der Waals surface area contributed by atoms with Crippen molar-refractivity contribution in [3.05, 3.63) is 45.8 Å². The van der Waals surface area contributed by atoms with Crippen molar-refractivity contribution in [1.29, 1.82) is 0 Å². The Morgan fingerprint density at radius 3 is 2.75 bits per heavy atom. The van der Waals surface area contributed by atoms with E-state index in [4.69, 9.17) is 10.5 Å². The highest BCUT2D eigenvalue weighted by atomic mass is 127. The number of hydrogen-bond donors (Lipinski definition) is 1. The minimum absolute atomic E-state index is 0.634. The molecule has 0 atom stereocenters. The topological polar surface area (TPSA) is 48.1 Å². The second kappa shape index (κ2) is 4.69. The average Bonchev–Trinajstić information content (AvgIpc) is 2.25. The normalized spacial score (nSPS) is 10.1. The van der Waals surface area contributed by atoms with E-state index in [-0.39, 0.29) is 0 Å². The number of ether oxygens (including phenoxy) is 1. The van der Waals surface area contributed by atoms with Crippen LogP contribution < -0.4 is 10.5 Å². The predicted octanol–water partition coefficient (Wildman–Crippen LogP) is 3.37. The standard InChI is InChI=1S/C12H11IN2O/c1-8-11(3-2-6-15-8)16-12-5-4-9(13)7-10(12)14/h2-7H,14H2,1H3. The SMILES string of the molecule is Cc1ncccc1Oc1ccc(I)cc1N. The van der Waals surface area contributed by atoms with Gasteiger partial charge in [0.25, 0.3) is 0 Å². The van der Waals surface area contributed by atoms with Crippen LogP contribution >= 0.6 is 22.6 Å². The number of anilines is 1. The van der Waals surface area contributed by atoms with Gasteiger partial charge in [0.1, 0.15) is 11.5 Å². The summed E-state index contributed by atoms with van der Waals surface area (Å²) in [5.74, 6) is 1.40. The van der Waals surface area contributed by atoms with Crippen LogP contribution in [0.3, 0.4) is 0 Å². The number of pyridine rings is 1. The fourth-order valence-electron chi connectivity index (χ4n) is 1.31. The fourth-order valence-corrected chi connectivity index (χ4v) is 1.82. The third kappa shape index (κ3) is 2.44. The Hall–Kier alpha value is -1.30. The highest BCUT2D eigenvalue weighted by molar-refractivity contribution is 14.1. The van der Waals surface area contributed by atoms with Gasteiger partial charge in [0, 0.05) is 9.77 Å². The van der Waals surface area contributed by atoms with Gasteiger partial charge in [-0.25, -0.2) is 0 Å². The maximum Gasteiger partial charge on any atom is 0.150 e. The van der Waals surface area contributed by atoms with Gasteiger partial charge in [0.2, 0.25) is 0 Å². The molecule has 4 heteroatoms. The summed E-state index contributed by atoms with van der Waals surface area (Å²) in [6.45, 7) is 1.90. The summed E-state index contributed by atoms with van der Waals surface area (Å²) in [5.41, 5.74) is 7.35. The van der Waals surface area contributed by atoms with Crippen molar-refractivity contribution in [2.45, 2.75) is 6.92 Å². The Labute approximate surface area is 108 Å². The molecule has 2 aromatic rings. The minimum atomic E-state index is 0.634. The van der Waals surface area contributed by atoms with Crippen molar-refractivity contribution in [2.75, 3.05) is 5.73 Å². The number of aromatic nitrogens is 1. The molecule has 0 aliphatic rings. The zero-order chi connectivity index (χ0) is 11.5. The first-order chi connectivity index (χ1) is 7.66. The van der Waals surface area contributed by atoms with Crippen molar-refractivity contribution in [1.82, 2.24) is 4.98 Å². The molecule has 2 N–H and O–H groups in total. The van der Waals surface area contributed by atoms with E-state index >= 15 is 0 Å². The number of nitrogens with two attached hydrogens (primary N) is 1. The summed E-state index contributed by atoms with van der Waals surface area (Å²) >= 11 is 2.21. The molecule has 0 bridgehead atoms. The predicted molar refractivity (Wildman–Crippen MR) is 72.6 cm³/mol. The van der Waals surface area contributed by atoms with Crippen molar-refractivity contribution in [3.63, 3.8) is 0 Å². The second-order valence-corrected chi connectivity index (χ2v) is 4.62. The van der Waals surface area contributed by atoms with Gasteiger partial charge in [-0.15, -0.1) is 0 Å². The first-order valence-corrected chi connectivity index (χ1v) is 5.89. The van der Waals surface area contributed by atoms with Gasteiger partial charge in [-0.05, 0) is 59.8 Å². The third-order valence-corrected chi connectivity index (χ3v) is 2.82. The van der Waals surface area contributed by atoms with Crippen LogP contribution in [0.1, 0.15) is 5.69 Å². The Kier molecular flexibility index (Phi) is 3.28. The Morgan fingerprint density at radius 1 is 1.25 bits per heavy atom. The summed E-state index contributed by atoms with van der Waals surface area (Å²) in [6, 6.07) is 9.41. The van der Waals surface area contributed by atoms with E-state index in [1.165, 1.54) is 0 Å². The summed E-state index contributed by atoms with van der Waals surface area (Å²) in [6.07, 6.45) is 1.74. The Morgan fingerprint density at radius 2 is 2.06 bits per heavy atom. The number of hydrogen-bond acceptors (Lipinski definition) is 3. The number of benzene rings is 1. The van der Waals surface area contributed by atoms with Gasteiger partial charge >= 0.3 is 0 Å². The first kappa shape index (κ1) is 11.2. The van der Waals surface area contributed by atoms with Crippen LogP contribution in [0.2, 0.25) is 0 Å². The molecule has 0 saturated carbocycles. The van der Waals surface area contributed by atoms with E-state index in [0.717, 1.165) is 15.0 Å². The summed E-state index contributed by atoms with van der Waals surface area (Å²) in [4.78, 5) is 4.16. The number of halogens is 1. The van der Waals surface area contributed by atoms with E-state index < -0.39 is 0 Å². The van der Waals surface area contributed by atoms with E-state index in [9.17, 15) is 0 Å². The number of aryl methyl sites for hydroxylation is 1. The van der Waals surface area contributed by atoms with Crippen LogP contribution in [0.25, 0.3) is 0 Å². The highest BCUT2D eigenvalue weighted by Gasteiger charge is 2.04. The third-order valence-electron chi connectivity index (χ3n) is 2.15. The van der Waals surface area contributed by atoms with Gasteiger partial charge in [0.15, 0.2) is 0 Å². The van der Waals surface area contributed by atoms with Crippen molar-refractivity contribution < 1.29 is 4.74 Å². The lowest BCUT2D eigenvalue weighted by molar-refractivity contribution is 0.478. The lowest BCUT2D eigenvalue weighted by Crippen LogP contribution is -1.94. The van der Waals surface area contributed by atoms with Crippen LogP contribution in [-0.4, -0.2) is 4.98 Å². The molecule has 0 aliphatic carbocycles. The molecule has 0 saturated heterocycles. The summed E-state index contributed by atoms with van der Waals surface area (Å²) < 4.78 is 6.79. The lowest BCUT2D eigenvalue weighted by Gasteiger charge is -2.09. The molecule has 1 aromatic carbocycles. The van der Waals surface area contributed by atoms with Gasteiger partial charge < -0.3 is 10.5 Å². The van der Waals surface area contributed by atoms with Crippen LogP contribution in [0.15, 0.2) is 36.5 Å². The number of rotatable bonds is 2. The van der Waals surface area contributed by atoms with E-state index in [2.05, 4.69) is 27.6 Å².